The highest BCUT2D eigenvalue weighted by molar-refractivity contribution is 5.87. The first-order chi connectivity index (χ1) is 11.6. The Kier molecular flexibility index (Phi) is 6.08. The molecule has 0 spiro atoms. The Labute approximate surface area is 138 Å². The van der Waals surface area contributed by atoms with Crippen molar-refractivity contribution in [2.75, 3.05) is 12.4 Å². The second kappa shape index (κ2) is 8.47. The third-order valence-electron chi connectivity index (χ3n) is 3.06. The average molecular weight is 329 g/mol. The molecule has 124 valence electrons. The van der Waals surface area contributed by atoms with Crippen molar-refractivity contribution in [1.29, 1.82) is 0 Å². The van der Waals surface area contributed by atoms with E-state index in [-0.39, 0.29) is 17.9 Å². The van der Waals surface area contributed by atoms with E-state index in [9.17, 15) is 14.0 Å². The zero-order chi connectivity index (χ0) is 17.4. The smallest absolute Gasteiger partial charge is 0.411 e. The summed E-state index contributed by atoms with van der Waals surface area (Å²) in [7, 11) is 1.23. The van der Waals surface area contributed by atoms with Gasteiger partial charge in [-0.2, -0.15) is 0 Å². The summed E-state index contributed by atoms with van der Waals surface area (Å²) >= 11 is 0. The van der Waals surface area contributed by atoms with E-state index in [4.69, 9.17) is 4.74 Å². The second-order valence-corrected chi connectivity index (χ2v) is 4.78. The number of benzene rings is 2. The van der Waals surface area contributed by atoms with Crippen molar-refractivity contribution in [3.63, 3.8) is 0 Å². The molecule has 0 saturated heterocycles. The Morgan fingerprint density at radius 2 is 1.92 bits per heavy atom. The average Bonchev–Trinajstić information content (AvgIpc) is 2.60. The van der Waals surface area contributed by atoms with Gasteiger partial charge in [-0.3, -0.25) is 5.32 Å². The zero-order valence-corrected chi connectivity index (χ0v) is 13.0. The normalized spacial score (nSPS) is 10.4. The summed E-state index contributed by atoms with van der Waals surface area (Å²) in [5, 5.41) is 2.44. The first-order valence-electron chi connectivity index (χ1n) is 7.12. The molecule has 0 saturated carbocycles. The molecule has 0 bridgehead atoms. The number of hydrogen-bond acceptors (Lipinski definition) is 4. The highest BCUT2D eigenvalue weighted by Crippen LogP contribution is 2.16. The lowest BCUT2D eigenvalue weighted by atomic mass is 10.2. The van der Waals surface area contributed by atoms with Crippen LogP contribution in [0, 0.1) is 5.82 Å². The Bertz CT molecular complexity index is 744. The Morgan fingerprint density at radius 1 is 1.17 bits per heavy atom. The van der Waals surface area contributed by atoms with E-state index in [2.05, 4.69) is 10.1 Å². The van der Waals surface area contributed by atoms with Crippen molar-refractivity contribution in [1.82, 2.24) is 0 Å². The summed E-state index contributed by atoms with van der Waals surface area (Å²) in [5.74, 6) is -1.17. The van der Waals surface area contributed by atoms with Crippen LogP contribution in [0.4, 0.5) is 14.9 Å². The molecule has 1 amide bonds. The standard InChI is InChI=1S/C18H16FNO4/c1-23-17(21)10-8-14-7-9-15(11-16(14)19)20-18(22)24-12-13-5-3-2-4-6-13/h2-11H,12H2,1H3,(H,20,22). The van der Waals surface area contributed by atoms with Crippen LogP contribution in [0.3, 0.4) is 0 Å². The van der Waals surface area contributed by atoms with Crippen LogP contribution in [0.1, 0.15) is 11.1 Å². The number of ether oxygens (including phenoxy) is 2. The number of methoxy groups -OCH3 is 1. The summed E-state index contributed by atoms with van der Waals surface area (Å²) in [5.41, 5.74) is 1.30. The third kappa shape index (κ3) is 5.24. The molecule has 1 N–H and O–H groups in total. The SMILES string of the molecule is COC(=O)C=Cc1ccc(NC(=O)OCc2ccccc2)cc1F. The van der Waals surface area contributed by atoms with Crippen molar-refractivity contribution in [3.8, 4) is 0 Å². The maximum Gasteiger partial charge on any atom is 0.411 e. The molecule has 2 aromatic carbocycles. The van der Waals surface area contributed by atoms with Crippen molar-refractivity contribution >= 4 is 23.8 Å². The fourth-order valence-electron chi connectivity index (χ4n) is 1.84. The molecule has 0 aliphatic rings. The van der Waals surface area contributed by atoms with Crippen LogP contribution in [0.15, 0.2) is 54.6 Å². The number of rotatable bonds is 5. The topological polar surface area (TPSA) is 64.6 Å². The van der Waals surface area contributed by atoms with Gasteiger partial charge in [0.15, 0.2) is 0 Å². The van der Waals surface area contributed by atoms with Crippen LogP contribution in [0.2, 0.25) is 0 Å². The van der Waals surface area contributed by atoms with Gasteiger partial charge in [-0.05, 0) is 29.8 Å². The minimum atomic E-state index is -0.684. The Balaban J connectivity index is 1.93. The van der Waals surface area contributed by atoms with Crippen LogP contribution >= 0.6 is 0 Å². The molecule has 2 aromatic rings. The van der Waals surface area contributed by atoms with Crippen LogP contribution < -0.4 is 5.32 Å². The number of hydrogen-bond donors (Lipinski definition) is 1. The number of carbonyl (C=O) groups is 2. The number of carbonyl (C=O) groups excluding carboxylic acids is 2. The summed E-state index contributed by atoms with van der Waals surface area (Å²) < 4.78 is 23.4. The molecule has 0 fully saturated rings. The predicted molar refractivity (Wildman–Crippen MR) is 87.7 cm³/mol. The quantitative estimate of drug-likeness (QED) is 0.670. The molecule has 0 unspecified atom stereocenters. The number of halogens is 1. The molecule has 2 rings (SSSR count). The predicted octanol–water partition coefficient (Wildman–Crippen LogP) is 3.76. The molecule has 0 aliphatic heterocycles. The number of esters is 1. The molecule has 0 aliphatic carbocycles. The first-order valence-corrected chi connectivity index (χ1v) is 7.12. The van der Waals surface area contributed by atoms with E-state index in [1.54, 1.807) is 0 Å². The second-order valence-electron chi connectivity index (χ2n) is 4.78. The molecule has 0 atom stereocenters. The maximum absolute atomic E-state index is 13.9. The molecular weight excluding hydrogens is 313 g/mol. The first kappa shape index (κ1) is 17.2. The van der Waals surface area contributed by atoms with Gasteiger partial charge in [0.25, 0.3) is 0 Å². The van der Waals surface area contributed by atoms with Gasteiger partial charge >= 0.3 is 12.1 Å². The molecule has 0 aromatic heterocycles. The van der Waals surface area contributed by atoms with E-state index in [1.807, 2.05) is 30.3 Å². The lowest BCUT2D eigenvalue weighted by Gasteiger charge is -2.08. The van der Waals surface area contributed by atoms with Gasteiger partial charge in [0.05, 0.1) is 7.11 Å². The summed E-state index contributed by atoms with van der Waals surface area (Å²) in [6.45, 7) is 0.120. The fraction of sp³-hybridized carbons (Fsp3) is 0.111. The van der Waals surface area contributed by atoms with Crippen LogP contribution in [-0.2, 0) is 20.9 Å². The number of amides is 1. The highest BCUT2D eigenvalue weighted by atomic mass is 19.1. The van der Waals surface area contributed by atoms with E-state index >= 15 is 0 Å². The van der Waals surface area contributed by atoms with Gasteiger partial charge in [-0.15, -0.1) is 0 Å². The lowest BCUT2D eigenvalue weighted by Crippen LogP contribution is -2.13. The molecule has 24 heavy (non-hydrogen) atoms. The molecule has 0 radical (unpaired) electrons. The summed E-state index contributed by atoms with van der Waals surface area (Å²) in [4.78, 5) is 22.7. The van der Waals surface area contributed by atoms with Crippen molar-refractivity contribution in [2.45, 2.75) is 6.61 Å². The van der Waals surface area contributed by atoms with Gasteiger partial charge < -0.3 is 9.47 Å². The van der Waals surface area contributed by atoms with Crippen LogP contribution in [0.5, 0.6) is 0 Å². The highest BCUT2D eigenvalue weighted by Gasteiger charge is 2.07. The van der Waals surface area contributed by atoms with E-state index in [1.165, 1.54) is 25.3 Å². The van der Waals surface area contributed by atoms with Crippen LogP contribution in [-0.4, -0.2) is 19.2 Å². The van der Waals surface area contributed by atoms with Gasteiger partial charge in [-0.1, -0.05) is 30.3 Å². The molecule has 5 nitrogen and oxygen atoms in total. The van der Waals surface area contributed by atoms with E-state index in [0.29, 0.717) is 0 Å². The zero-order valence-electron chi connectivity index (χ0n) is 13.0. The number of nitrogens with one attached hydrogen (secondary N) is 1. The van der Waals surface area contributed by atoms with E-state index in [0.717, 1.165) is 17.7 Å². The van der Waals surface area contributed by atoms with Crippen molar-refractivity contribution in [3.05, 3.63) is 71.6 Å². The molecule has 0 heterocycles. The van der Waals surface area contributed by atoms with Crippen LogP contribution in [0.25, 0.3) is 6.08 Å². The minimum absolute atomic E-state index is 0.120. The van der Waals surface area contributed by atoms with Crippen molar-refractivity contribution in [2.24, 2.45) is 0 Å². The lowest BCUT2D eigenvalue weighted by molar-refractivity contribution is -0.134. The fourth-order valence-corrected chi connectivity index (χ4v) is 1.84. The summed E-state index contributed by atoms with van der Waals surface area (Å²) in [6, 6.07) is 13.3. The van der Waals surface area contributed by atoms with Gasteiger partial charge in [0.2, 0.25) is 0 Å². The van der Waals surface area contributed by atoms with Gasteiger partial charge in [-0.25, -0.2) is 14.0 Å². The summed E-state index contributed by atoms with van der Waals surface area (Å²) in [6.07, 6.45) is 1.72. The van der Waals surface area contributed by atoms with Gasteiger partial charge in [0.1, 0.15) is 12.4 Å². The van der Waals surface area contributed by atoms with Gasteiger partial charge in [0, 0.05) is 17.3 Å². The molecule has 6 heteroatoms. The minimum Gasteiger partial charge on any atom is -0.466 e. The largest absolute Gasteiger partial charge is 0.466 e. The Morgan fingerprint density at radius 3 is 2.58 bits per heavy atom. The number of anilines is 1. The monoisotopic (exact) mass is 329 g/mol. The van der Waals surface area contributed by atoms with Crippen molar-refractivity contribution < 1.29 is 23.5 Å². The third-order valence-corrected chi connectivity index (χ3v) is 3.06. The Hall–Kier alpha value is -3.15. The molecular formula is C18H16FNO4. The van der Waals surface area contributed by atoms with E-state index < -0.39 is 17.9 Å². The maximum atomic E-state index is 13.9.